The number of aromatic nitrogens is 3. The first-order valence-electron chi connectivity index (χ1n) is 6.71. The first-order valence-corrected chi connectivity index (χ1v) is 9.80. The maximum Gasteiger partial charge on any atom is 0.250 e. The van der Waals surface area contributed by atoms with Gasteiger partial charge in [-0.3, -0.25) is 0 Å². The second kappa shape index (κ2) is 5.79. The van der Waals surface area contributed by atoms with Crippen LogP contribution in [0.2, 0.25) is 0 Å². The van der Waals surface area contributed by atoms with Gasteiger partial charge in [0.05, 0.1) is 9.83 Å². The highest BCUT2D eigenvalue weighted by Gasteiger charge is 2.29. The summed E-state index contributed by atoms with van der Waals surface area (Å²) in [4.78, 5) is 4.45. The van der Waals surface area contributed by atoms with Crippen LogP contribution in [-0.2, 0) is 23.0 Å². The fourth-order valence-electron chi connectivity index (χ4n) is 2.35. The van der Waals surface area contributed by atoms with Crippen LogP contribution in [0.3, 0.4) is 0 Å². The number of hydrogen-bond donors (Lipinski definition) is 1. The van der Waals surface area contributed by atoms with E-state index in [1.807, 2.05) is 11.6 Å². The average Bonchev–Trinajstić information content (AvgIpc) is 3.05. The van der Waals surface area contributed by atoms with Crippen LogP contribution in [0.5, 0.6) is 0 Å². The Labute approximate surface area is 135 Å². The Kier molecular flexibility index (Phi) is 4.17. The van der Waals surface area contributed by atoms with Gasteiger partial charge in [0.25, 0.3) is 10.0 Å². The van der Waals surface area contributed by atoms with Crippen LogP contribution in [0.15, 0.2) is 20.1 Å². The number of nitrogens with zero attached hydrogens (tertiary/aromatic N) is 3. The predicted molar refractivity (Wildman–Crippen MR) is 83.7 cm³/mol. The molecule has 0 saturated heterocycles. The second-order valence-corrected chi connectivity index (χ2v) is 9.24. The van der Waals surface area contributed by atoms with Gasteiger partial charge in [-0.05, 0) is 40.9 Å². The third-order valence-corrected chi connectivity index (χ3v) is 6.93. The number of nitrogens with one attached hydrogen (secondary N) is 1. The molecule has 3 heterocycles. The summed E-state index contributed by atoms with van der Waals surface area (Å²) in [5.74, 6) is 1.48. The van der Waals surface area contributed by atoms with Crippen LogP contribution in [0.25, 0.3) is 0 Å². The van der Waals surface area contributed by atoms with Gasteiger partial charge in [0.2, 0.25) is 0 Å². The van der Waals surface area contributed by atoms with Gasteiger partial charge in [0.15, 0.2) is 5.82 Å². The van der Waals surface area contributed by atoms with Crippen molar-refractivity contribution in [3.8, 4) is 0 Å². The summed E-state index contributed by atoms with van der Waals surface area (Å²) in [7, 11) is -3.52. The molecule has 1 atom stereocenters. The lowest BCUT2D eigenvalue weighted by Gasteiger charge is -2.22. The summed E-state index contributed by atoms with van der Waals surface area (Å²) in [6, 6.07) is 3.03. The van der Waals surface area contributed by atoms with Crippen LogP contribution in [0, 0.1) is 0 Å². The number of hydrogen-bond acceptors (Lipinski definition) is 5. The van der Waals surface area contributed by atoms with Gasteiger partial charge in [0, 0.05) is 13.0 Å². The van der Waals surface area contributed by atoms with Gasteiger partial charge in [-0.1, -0.05) is 6.92 Å². The molecule has 3 rings (SSSR count). The van der Waals surface area contributed by atoms with Crippen molar-refractivity contribution in [2.24, 2.45) is 0 Å². The van der Waals surface area contributed by atoms with Crippen LogP contribution in [0.1, 0.15) is 37.5 Å². The molecule has 0 aliphatic carbocycles. The molecule has 0 unspecified atom stereocenters. The minimum Gasteiger partial charge on any atom is -0.248 e. The number of rotatable bonds is 4. The summed E-state index contributed by atoms with van der Waals surface area (Å²) in [5.41, 5.74) is 0. The molecule has 0 saturated carbocycles. The largest absolute Gasteiger partial charge is 0.250 e. The Bertz CT molecular complexity index is 753. The number of halogens is 1. The first-order chi connectivity index (χ1) is 9.99. The van der Waals surface area contributed by atoms with Gasteiger partial charge in [0.1, 0.15) is 10.0 Å². The number of fused-ring (bicyclic) bond motifs is 1. The Balaban J connectivity index is 1.88. The van der Waals surface area contributed by atoms with Crippen molar-refractivity contribution in [1.29, 1.82) is 0 Å². The molecule has 0 fully saturated rings. The molecular weight excluding hydrogens is 376 g/mol. The van der Waals surface area contributed by atoms with E-state index >= 15 is 0 Å². The zero-order valence-corrected chi connectivity index (χ0v) is 14.6. The van der Waals surface area contributed by atoms with Crippen LogP contribution >= 0.6 is 27.3 Å². The second-order valence-electron chi connectivity index (χ2n) is 4.84. The lowest BCUT2D eigenvalue weighted by Crippen LogP contribution is -2.33. The highest BCUT2D eigenvalue weighted by Crippen LogP contribution is 2.29. The predicted octanol–water partition coefficient (Wildman–Crippen LogP) is 2.48. The molecular formula is C12H15BrN4O2S2. The zero-order chi connectivity index (χ0) is 15.0. The maximum absolute atomic E-state index is 12.4. The van der Waals surface area contributed by atoms with Crippen molar-refractivity contribution < 1.29 is 8.42 Å². The Morgan fingerprint density at radius 3 is 3.00 bits per heavy atom. The molecule has 6 nitrogen and oxygen atoms in total. The van der Waals surface area contributed by atoms with E-state index in [9.17, 15) is 8.42 Å². The smallest absolute Gasteiger partial charge is 0.248 e. The molecule has 21 heavy (non-hydrogen) atoms. The van der Waals surface area contributed by atoms with Gasteiger partial charge in [-0.25, -0.2) is 18.1 Å². The fourth-order valence-corrected chi connectivity index (χ4v) is 5.60. The van der Waals surface area contributed by atoms with Crippen molar-refractivity contribution in [3.63, 3.8) is 0 Å². The molecule has 2 aromatic rings. The van der Waals surface area contributed by atoms with Crippen LogP contribution in [0.4, 0.5) is 0 Å². The fraction of sp³-hybridized carbons (Fsp3) is 0.500. The van der Waals surface area contributed by atoms with Gasteiger partial charge in [-0.15, -0.1) is 11.3 Å². The molecule has 0 amide bonds. The molecule has 2 aromatic heterocycles. The third kappa shape index (κ3) is 3.05. The highest BCUT2D eigenvalue weighted by atomic mass is 79.9. The Hall–Kier alpha value is -0.770. The van der Waals surface area contributed by atoms with E-state index in [1.165, 1.54) is 11.3 Å². The van der Waals surface area contributed by atoms with E-state index in [0.717, 1.165) is 41.2 Å². The maximum atomic E-state index is 12.4. The molecule has 9 heteroatoms. The average molecular weight is 391 g/mol. The van der Waals surface area contributed by atoms with Crippen molar-refractivity contribution in [1.82, 2.24) is 19.5 Å². The van der Waals surface area contributed by atoms with Gasteiger partial charge < -0.3 is 0 Å². The topological polar surface area (TPSA) is 76.9 Å². The molecule has 0 radical (unpaired) electrons. The van der Waals surface area contributed by atoms with E-state index < -0.39 is 10.0 Å². The third-order valence-electron chi connectivity index (χ3n) is 3.35. The quantitative estimate of drug-likeness (QED) is 0.869. The zero-order valence-electron chi connectivity index (χ0n) is 11.4. The summed E-state index contributed by atoms with van der Waals surface area (Å²) in [5, 5.41) is 4.39. The van der Waals surface area contributed by atoms with E-state index in [0.29, 0.717) is 4.21 Å². The molecule has 0 bridgehead atoms. The summed E-state index contributed by atoms with van der Waals surface area (Å²) >= 11 is 4.49. The van der Waals surface area contributed by atoms with E-state index in [2.05, 4.69) is 30.7 Å². The SMILES string of the molecule is CCc1nc2n(n1)CCC[C@@H]2NS(=O)(=O)c1ccc(Br)s1. The Morgan fingerprint density at radius 2 is 2.33 bits per heavy atom. The molecule has 1 N–H and O–H groups in total. The van der Waals surface area contributed by atoms with Gasteiger partial charge >= 0.3 is 0 Å². The standard InChI is InChI=1S/C12H15BrN4O2S2/c1-2-10-14-12-8(4-3-7-17(12)15-10)16-21(18,19)11-6-5-9(13)20-11/h5-6,8,16H,2-4,7H2,1H3/t8-/m0/s1. The highest BCUT2D eigenvalue weighted by molar-refractivity contribution is 9.11. The van der Waals surface area contributed by atoms with Crippen molar-refractivity contribution in [2.45, 2.75) is 43.0 Å². The monoisotopic (exact) mass is 390 g/mol. The molecule has 1 aliphatic rings. The molecule has 0 aromatic carbocycles. The number of thiophene rings is 1. The van der Waals surface area contributed by atoms with E-state index in [1.54, 1.807) is 12.1 Å². The van der Waals surface area contributed by atoms with E-state index in [4.69, 9.17) is 0 Å². The van der Waals surface area contributed by atoms with Gasteiger partial charge in [-0.2, -0.15) is 9.82 Å². The van der Waals surface area contributed by atoms with Crippen LogP contribution in [-0.4, -0.2) is 23.2 Å². The Morgan fingerprint density at radius 1 is 1.52 bits per heavy atom. The van der Waals surface area contributed by atoms with Crippen molar-refractivity contribution >= 4 is 37.3 Å². The minimum atomic E-state index is -3.52. The van der Waals surface area contributed by atoms with E-state index in [-0.39, 0.29) is 6.04 Å². The van der Waals surface area contributed by atoms with Crippen molar-refractivity contribution in [2.75, 3.05) is 0 Å². The summed E-state index contributed by atoms with van der Waals surface area (Å²) < 4.78 is 30.5. The first kappa shape index (κ1) is 15.1. The molecule has 0 spiro atoms. The number of aryl methyl sites for hydroxylation is 2. The molecule has 114 valence electrons. The number of sulfonamides is 1. The lowest BCUT2D eigenvalue weighted by atomic mass is 10.1. The summed E-state index contributed by atoms with van der Waals surface area (Å²) in [6.45, 7) is 2.79. The summed E-state index contributed by atoms with van der Waals surface area (Å²) in [6.07, 6.45) is 2.38. The molecule has 1 aliphatic heterocycles. The minimum absolute atomic E-state index is 0.307. The lowest BCUT2D eigenvalue weighted by molar-refractivity contribution is 0.400. The normalized spacial score (nSPS) is 18.7. The van der Waals surface area contributed by atoms with Crippen molar-refractivity contribution in [3.05, 3.63) is 27.6 Å². The van der Waals surface area contributed by atoms with Crippen LogP contribution < -0.4 is 4.72 Å².